The van der Waals surface area contributed by atoms with E-state index in [9.17, 15) is 14.0 Å². The van der Waals surface area contributed by atoms with E-state index < -0.39 is 0 Å². The van der Waals surface area contributed by atoms with Gasteiger partial charge in [0, 0.05) is 36.1 Å². The fraction of sp³-hybridized carbons (Fsp3) is 0.273. The Kier molecular flexibility index (Phi) is 4.96. The predicted molar refractivity (Wildman–Crippen MR) is 107 cm³/mol. The van der Waals surface area contributed by atoms with Crippen molar-refractivity contribution in [2.45, 2.75) is 13.5 Å². The van der Waals surface area contributed by atoms with Gasteiger partial charge in [0.15, 0.2) is 0 Å². The third-order valence-corrected chi connectivity index (χ3v) is 5.40. The lowest BCUT2D eigenvalue weighted by Gasteiger charge is -2.34. The molecule has 1 fully saturated rings. The number of nitrogens with zero attached hydrogens (tertiary/aromatic N) is 2. The summed E-state index contributed by atoms with van der Waals surface area (Å²) in [5, 5.41) is 0.914. The van der Waals surface area contributed by atoms with E-state index in [4.69, 9.17) is 4.74 Å². The smallest absolute Gasteiger partial charge is 0.271 e. The van der Waals surface area contributed by atoms with Crippen molar-refractivity contribution in [2.75, 3.05) is 26.7 Å². The minimum Gasteiger partial charge on any atom is -0.497 e. The molecule has 1 saturated heterocycles. The van der Waals surface area contributed by atoms with Crippen molar-refractivity contribution in [1.82, 2.24) is 14.8 Å². The summed E-state index contributed by atoms with van der Waals surface area (Å²) in [5.41, 5.74) is 2.62. The van der Waals surface area contributed by atoms with Crippen LogP contribution >= 0.6 is 0 Å². The van der Waals surface area contributed by atoms with Gasteiger partial charge in [0.2, 0.25) is 5.91 Å². The normalized spacial score (nSPS) is 14.5. The molecule has 1 aromatic heterocycles. The highest BCUT2D eigenvalue weighted by atomic mass is 19.1. The summed E-state index contributed by atoms with van der Waals surface area (Å²) in [6.07, 6.45) is 0. The molecule has 0 atom stereocenters. The zero-order valence-corrected chi connectivity index (χ0v) is 16.4. The second-order valence-electron chi connectivity index (χ2n) is 7.17. The molecule has 0 radical (unpaired) electrons. The number of fused-ring (bicyclic) bond motifs is 1. The van der Waals surface area contributed by atoms with E-state index in [-0.39, 0.29) is 30.7 Å². The Balaban J connectivity index is 1.50. The van der Waals surface area contributed by atoms with E-state index >= 15 is 0 Å². The number of hydrogen-bond donors (Lipinski definition) is 1. The lowest BCUT2D eigenvalue weighted by molar-refractivity contribution is -0.135. The van der Waals surface area contributed by atoms with Gasteiger partial charge in [-0.05, 0) is 36.8 Å². The number of hydrogen-bond acceptors (Lipinski definition) is 3. The first-order valence-corrected chi connectivity index (χ1v) is 9.44. The van der Waals surface area contributed by atoms with Crippen LogP contribution in [-0.4, -0.2) is 53.3 Å². The fourth-order valence-electron chi connectivity index (χ4n) is 3.69. The van der Waals surface area contributed by atoms with E-state index in [1.54, 1.807) is 30.2 Å². The molecule has 2 aromatic carbocycles. The zero-order valence-electron chi connectivity index (χ0n) is 16.4. The summed E-state index contributed by atoms with van der Waals surface area (Å²) in [5.74, 6) is -0.0154. The molecular formula is C22H22FN3O3. The first-order chi connectivity index (χ1) is 14.0. The number of halogens is 1. The van der Waals surface area contributed by atoms with E-state index in [1.165, 1.54) is 11.0 Å². The molecular weight excluding hydrogens is 373 g/mol. The molecule has 2 amide bonds. The second-order valence-corrected chi connectivity index (χ2v) is 7.17. The number of carbonyl (C=O) groups is 2. The van der Waals surface area contributed by atoms with Gasteiger partial charge in [-0.25, -0.2) is 4.39 Å². The van der Waals surface area contributed by atoms with Gasteiger partial charge in [0.25, 0.3) is 5.91 Å². The van der Waals surface area contributed by atoms with E-state index in [0.29, 0.717) is 24.3 Å². The van der Waals surface area contributed by atoms with Crippen molar-refractivity contribution in [3.05, 3.63) is 65.1 Å². The van der Waals surface area contributed by atoms with Crippen LogP contribution in [0.5, 0.6) is 5.75 Å². The number of aryl methyl sites for hydroxylation is 1. The van der Waals surface area contributed by atoms with Crippen molar-refractivity contribution in [2.24, 2.45) is 0 Å². The Morgan fingerprint density at radius 3 is 2.72 bits per heavy atom. The monoisotopic (exact) mass is 395 g/mol. The molecule has 0 spiro atoms. The average Bonchev–Trinajstić information content (AvgIpc) is 3.06. The van der Waals surface area contributed by atoms with Gasteiger partial charge in [-0.15, -0.1) is 0 Å². The molecule has 29 heavy (non-hydrogen) atoms. The number of amides is 2. The number of methoxy groups -OCH3 is 1. The first kappa shape index (κ1) is 19.0. The lowest BCUT2D eigenvalue weighted by atomic mass is 10.1. The topological polar surface area (TPSA) is 65.6 Å². The van der Waals surface area contributed by atoms with E-state index in [0.717, 1.165) is 22.2 Å². The minimum absolute atomic E-state index is 0.0224. The van der Waals surface area contributed by atoms with Gasteiger partial charge in [0.1, 0.15) is 23.8 Å². The molecule has 0 unspecified atom stereocenters. The van der Waals surface area contributed by atoms with Gasteiger partial charge in [-0.3, -0.25) is 9.59 Å². The Hall–Kier alpha value is -3.35. The van der Waals surface area contributed by atoms with Gasteiger partial charge < -0.3 is 19.5 Å². The standard InChI is InChI=1S/C22H22FN3O3/c1-14-17-11-16(29-2)7-8-19(17)24-21(14)22(28)26-10-9-25(20(27)13-26)12-15-5-3-4-6-18(15)23/h3-8,11,24H,9-10,12-13H2,1-2H3. The van der Waals surface area contributed by atoms with Crippen LogP contribution in [0, 0.1) is 12.7 Å². The third-order valence-electron chi connectivity index (χ3n) is 5.40. The highest BCUT2D eigenvalue weighted by Crippen LogP contribution is 2.27. The molecule has 1 aliphatic rings. The molecule has 150 valence electrons. The maximum atomic E-state index is 13.9. The van der Waals surface area contributed by atoms with Crippen molar-refractivity contribution in [1.29, 1.82) is 0 Å². The van der Waals surface area contributed by atoms with Crippen LogP contribution in [0.3, 0.4) is 0 Å². The summed E-state index contributed by atoms with van der Waals surface area (Å²) in [4.78, 5) is 31.9. The van der Waals surface area contributed by atoms with Gasteiger partial charge >= 0.3 is 0 Å². The number of piperazine rings is 1. The van der Waals surface area contributed by atoms with Crippen LogP contribution in [0.4, 0.5) is 4.39 Å². The lowest BCUT2D eigenvalue weighted by Crippen LogP contribution is -2.52. The summed E-state index contributed by atoms with van der Waals surface area (Å²) >= 11 is 0. The Bertz CT molecular complexity index is 1090. The molecule has 7 heteroatoms. The molecule has 3 aromatic rings. The molecule has 0 bridgehead atoms. The van der Waals surface area contributed by atoms with Crippen LogP contribution in [-0.2, 0) is 11.3 Å². The summed E-state index contributed by atoms with van der Waals surface area (Å²) in [7, 11) is 1.60. The van der Waals surface area contributed by atoms with Gasteiger partial charge in [-0.1, -0.05) is 18.2 Å². The average molecular weight is 395 g/mol. The van der Waals surface area contributed by atoms with Gasteiger partial charge in [0.05, 0.1) is 7.11 Å². The molecule has 0 aliphatic carbocycles. The third kappa shape index (κ3) is 3.55. The number of ether oxygens (including phenoxy) is 1. The van der Waals surface area contributed by atoms with Crippen molar-refractivity contribution in [3.63, 3.8) is 0 Å². The number of carbonyl (C=O) groups excluding carboxylic acids is 2. The predicted octanol–water partition coefficient (Wildman–Crippen LogP) is 3.11. The second kappa shape index (κ2) is 7.58. The van der Waals surface area contributed by atoms with Crippen molar-refractivity contribution >= 4 is 22.7 Å². The summed E-state index contributed by atoms with van der Waals surface area (Å²) < 4.78 is 19.1. The maximum absolute atomic E-state index is 13.9. The number of aromatic amines is 1. The number of rotatable bonds is 4. The highest BCUT2D eigenvalue weighted by Gasteiger charge is 2.30. The Morgan fingerprint density at radius 1 is 1.21 bits per heavy atom. The summed E-state index contributed by atoms with van der Waals surface area (Å²) in [6.45, 7) is 2.83. The number of benzene rings is 2. The number of aromatic nitrogens is 1. The van der Waals surface area contributed by atoms with Crippen LogP contribution in [0.15, 0.2) is 42.5 Å². The fourth-order valence-corrected chi connectivity index (χ4v) is 3.69. The van der Waals surface area contributed by atoms with Crippen LogP contribution in [0.1, 0.15) is 21.6 Å². The molecule has 1 N–H and O–H groups in total. The first-order valence-electron chi connectivity index (χ1n) is 9.44. The number of H-pyrrole nitrogens is 1. The quantitative estimate of drug-likeness (QED) is 0.738. The number of nitrogens with one attached hydrogen (secondary N) is 1. The highest BCUT2D eigenvalue weighted by molar-refractivity contribution is 6.02. The SMILES string of the molecule is COc1ccc2[nH]c(C(=O)N3CCN(Cc4ccccc4F)C(=O)C3)c(C)c2c1. The largest absolute Gasteiger partial charge is 0.497 e. The molecule has 0 saturated carbocycles. The van der Waals surface area contributed by atoms with Crippen LogP contribution in [0.2, 0.25) is 0 Å². The van der Waals surface area contributed by atoms with Crippen molar-refractivity contribution < 1.29 is 18.7 Å². The molecule has 4 rings (SSSR count). The minimum atomic E-state index is -0.331. The van der Waals surface area contributed by atoms with Crippen LogP contribution in [0.25, 0.3) is 10.9 Å². The molecule has 1 aliphatic heterocycles. The van der Waals surface area contributed by atoms with E-state index in [2.05, 4.69) is 4.98 Å². The molecule has 6 nitrogen and oxygen atoms in total. The Labute approximate surface area is 167 Å². The van der Waals surface area contributed by atoms with Crippen molar-refractivity contribution in [3.8, 4) is 5.75 Å². The summed E-state index contributed by atoms with van der Waals surface area (Å²) in [6, 6.07) is 12.0. The molecule has 2 heterocycles. The van der Waals surface area contributed by atoms with Gasteiger partial charge in [-0.2, -0.15) is 0 Å². The zero-order chi connectivity index (χ0) is 20.5. The van der Waals surface area contributed by atoms with Crippen LogP contribution < -0.4 is 4.74 Å². The maximum Gasteiger partial charge on any atom is 0.271 e. The van der Waals surface area contributed by atoms with E-state index in [1.807, 2.05) is 25.1 Å². The Morgan fingerprint density at radius 2 is 2.00 bits per heavy atom.